The lowest BCUT2D eigenvalue weighted by molar-refractivity contribution is -0.130. The number of hydrogen-bond donors (Lipinski definition) is 0. The monoisotopic (exact) mass is 357 g/mol. The molecule has 2 aliphatic heterocycles. The molecule has 140 valence electrons. The van der Waals surface area contributed by atoms with Gasteiger partial charge in [0.05, 0.1) is 25.3 Å². The highest BCUT2D eigenvalue weighted by Gasteiger charge is 2.31. The maximum Gasteiger partial charge on any atom is 0.222 e. The molecule has 0 N–H and O–H groups in total. The number of nitriles is 1. The molecule has 1 atom stereocenters. The van der Waals surface area contributed by atoms with Gasteiger partial charge in [-0.1, -0.05) is 0 Å². The van der Waals surface area contributed by atoms with Crippen molar-refractivity contribution in [2.75, 3.05) is 39.9 Å². The average molecular weight is 357 g/mol. The van der Waals surface area contributed by atoms with E-state index in [1.807, 2.05) is 4.90 Å². The second kappa shape index (κ2) is 8.91. The number of ether oxygens (including phenoxy) is 2. The fraction of sp³-hybridized carbons (Fsp3) is 0.600. The largest absolute Gasteiger partial charge is 0.493 e. The molecule has 0 saturated carbocycles. The van der Waals surface area contributed by atoms with Gasteiger partial charge in [-0.25, -0.2) is 0 Å². The highest BCUT2D eigenvalue weighted by molar-refractivity contribution is 5.76. The third-order valence-electron chi connectivity index (χ3n) is 5.26. The van der Waals surface area contributed by atoms with Crippen molar-refractivity contribution in [1.29, 1.82) is 5.26 Å². The predicted octanol–water partition coefficient (Wildman–Crippen LogP) is 2.42. The van der Waals surface area contributed by atoms with Gasteiger partial charge in [0.15, 0.2) is 11.5 Å². The van der Waals surface area contributed by atoms with Crippen LogP contribution in [0.5, 0.6) is 11.5 Å². The number of benzene rings is 1. The molecule has 6 heteroatoms. The first-order valence-electron chi connectivity index (χ1n) is 9.44. The molecule has 1 aromatic carbocycles. The van der Waals surface area contributed by atoms with Gasteiger partial charge in [-0.05, 0) is 50.9 Å². The first-order valence-corrected chi connectivity index (χ1v) is 9.44. The van der Waals surface area contributed by atoms with Crippen molar-refractivity contribution in [1.82, 2.24) is 9.80 Å². The standard InChI is InChI=1S/C20H27N3O3/c1-25-19-13-16(14-21)6-7-18(19)26-12-4-5-20(24)23-11-8-17(15-23)22-9-2-3-10-22/h6-7,13,17H,2-5,8-12,15H2,1H3. The number of carbonyl (C=O) groups is 1. The Balaban J connectivity index is 1.40. The van der Waals surface area contributed by atoms with Crippen LogP contribution in [0.4, 0.5) is 0 Å². The van der Waals surface area contributed by atoms with Crippen LogP contribution < -0.4 is 9.47 Å². The maximum atomic E-state index is 12.4. The molecule has 2 saturated heterocycles. The van der Waals surface area contributed by atoms with Gasteiger partial charge in [0, 0.05) is 31.6 Å². The molecule has 3 rings (SSSR count). The van der Waals surface area contributed by atoms with Crippen LogP contribution in [0.15, 0.2) is 18.2 Å². The summed E-state index contributed by atoms with van der Waals surface area (Å²) in [6.07, 6.45) is 4.87. The molecule has 0 aliphatic carbocycles. The van der Waals surface area contributed by atoms with Gasteiger partial charge in [-0.2, -0.15) is 5.26 Å². The third kappa shape index (κ3) is 4.47. The summed E-state index contributed by atoms with van der Waals surface area (Å²) in [5.41, 5.74) is 0.533. The molecular weight excluding hydrogens is 330 g/mol. The molecule has 0 bridgehead atoms. The molecule has 0 aromatic heterocycles. The minimum atomic E-state index is 0.224. The zero-order chi connectivity index (χ0) is 18.4. The second-order valence-corrected chi connectivity index (χ2v) is 6.95. The minimum Gasteiger partial charge on any atom is -0.493 e. The third-order valence-corrected chi connectivity index (χ3v) is 5.26. The summed E-state index contributed by atoms with van der Waals surface area (Å²) in [6, 6.07) is 7.73. The highest BCUT2D eigenvalue weighted by atomic mass is 16.5. The van der Waals surface area contributed by atoms with E-state index in [1.165, 1.54) is 25.9 Å². The van der Waals surface area contributed by atoms with Gasteiger partial charge in [0.2, 0.25) is 5.91 Å². The number of amides is 1. The fourth-order valence-electron chi connectivity index (χ4n) is 3.79. The zero-order valence-corrected chi connectivity index (χ0v) is 15.4. The summed E-state index contributed by atoms with van der Waals surface area (Å²) < 4.78 is 11.0. The SMILES string of the molecule is COc1cc(C#N)ccc1OCCCC(=O)N1CCC(N2CCCC2)C1. The number of nitrogens with zero attached hydrogens (tertiary/aromatic N) is 3. The Labute approximate surface area is 155 Å². The van der Waals surface area contributed by atoms with Crippen LogP contribution in [0, 0.1) is 11.3 Å². The average Bonchev–Trinajstić information content (AvgIpc) is 3.36. The molecule has 1 aromatic rings. The Hall–Kier alpha value is -2.26. The molecule has 1 amide bonds. The molecule has 1 unspecified atom stereocenters. The first kappa shape index (κ1) is 18.5. The van der Waals surface area contributed by atoms with Gasteiger partial charge in [0.25, 0.3) is 0 Å². The van der Waals surface area contributed by atoms with Crippen LogP contribution in [0.2, 0.25) is 0 Å². The normalized spacial score (nSPS) is 20.2. The summed E-state index contributed by atoms with van der Waals surface area (Å²) in [4.78, 5) is 17.0. The summed E-state index contributed by atoms with van der Waals surface area (Å²) in [5.74, 6) is 1.37. The summed E-state index contributed by atoms with van der Waals surface area (Å²) in [5, 5.41) is 8.92. The van der Waals surface area contributed by atoms with Crippen molar-refractivity contribution in [2.24, 2.45) is 0 Å². The highest BCUT2D eigenvalue weighted by Crippen LogP contribution is 2.28. The van der Waals surface area contributed by atoms with Crippen LogP contribution in [-0.4, -0.2) is 61.6 Å². The number of hydrogen-bond acceptors (Lipinski definition) is 5. The maximum absolute atomic E-state index is 12.4. The Morgan fingerprint density at radius 3 is 2.81 bits per heavy atom. The van der Waals surface area contributed by atoms with Crippen LogP contribution in [0.1, 0.15) is 37.7 Å². The summed E-state index contributed by atoms with van der Waals surface area (Å²) in [6.45, 7) is 4.59. The van der Waals surface area contributed by atoms with E-state index in [2.05, 4.69) is 11.0 Å². The van der Waals surface area contributed by atoms with Gasteiger partial charge in [-0.3, -0.25) is 9.69 Å². The first-order chi connectivity index (χ1) is 12.7. The number of rotatable bonds is 7. The Bertz CT molecular complexity index is 665. The number of likely N-dealkylation sites (tertiary alicyclic amines) is 2. The van der Waals surface area contributed by atoms with E-state index in [0.29, 0.717) is 42.6 Å². The van der Waals surface area contributed by atoms with Gasteiger partial charge in [0.1, 0.15) is 0 Å². The van der Waals surface area contributed by atoms with Gasteiger partial charge < -0.3 is 14.4 Å². The molecule has 6 nitrogen and oxygen atoms in total. The van der Waals surface area contributed by atoms with E-state index in [4.69, 9.17) is 14.7 Å². The number of methoxy groups -OCH3 is 1. The Morgan fingerprint density at radius 1 is 1.27 bits per heavy atom. The van der Waals surface area contributed by atoms with Crippen molar-refractivity contribution in [3.63, 3.8) is 0 Å². The van der Waals surface area contributed by atoms with Gasteiger partial charge >= 0.3 is 0 Å². The van der Waals surface area contributed by atoms with Gasteiger partial charge in [-0.15, -0.1) is 0 Å². The van der Waals surface area contributed by atoms with E-state index < -0.39 is 0 Å². The van der Waals surface area contributed by atoms with E-state index in [-0.39, 0.29) is 5.91 Å². The van der Waals surface area contributed by atoms with E-state index >= 15 is 0 Å². The zero-order valence-electron chi connectivity index (χ0n) is 15.4. The fourth-order valence-corrected chi connectivity index (χ4v) is 3.79. The quantitative estimate of drug-likeness (QED) is 0.701. The molecule has 0 spiro atoms. The molecule has 2 fully saturated rings. The van der Waals surface area contributed by atoms with Crippen LogP contribution in [0.25, 0.3) is 0 Å². The van der Waals surface area contributed by atoms with Crippen molar-refractivity contribution in [2.45, 2.75) is 38.1 Å². The predicted molar refractivity (Wildman–Crippen MR) is 98.2 cm³/mol. The van der Waals surface area contributed by atoms with Crippen molar-refractivity contribution >= 4 is 5.91 Å². The molecule has 2 heterocycles. The van der Waals surface area contributed by atoms with Crippen LogP contribution >= 0.6 is 0 Å². The van der Waals surface area contributed by atoms with E-state index in [1.54, 1.807) is 25.3 Å². The topological polar surface area (TPSA) is 65.8 Å². The molecular formula is C20H27N3O3. The molecule has 26 heavy (non-hydrogen) atoms. The minimum absolute atomic E-state index is 0.224. The van der Waals surface area contributed by atoms with Crippen LogP contribution in [0.3, 0.4) is 0 Å². The Morgan fingerprint density at radius 2 is 2.08 bits per heavy atom. The lowest BCUT2D eigenvalue weighted by atomic mass is 10.2. The van der Waals surface area contributed by atoms with Crippen molar-refractivity contribution in [3.8, 4) is 17.6 Å². The van der Waals surface area contributed by atoms with Crippen molar-refractivity contribution in [3.05, 3.63) is 23.8 Å². The summed E-state index contributed by atoms with van der Waals surface area (Å²) in [7, 11) is 1.55. The lowest BCUT2D eigenvalue weighted by Gasteiger charge is -2.23. The summed E-state index contributed by atoms with van der Waals surface area (Å²) >= 11 is 0. The molecule has 0 radical (unpaired) electrons. The molecule has 2 aliphatic rings. The van der Waals surface area contributed by atoms with E-state index in [9.17, 15) is 4.79 Å². The number of carbonyl (C=O) groups excluding carboxylic acids is 1. The second-order valence-electron chi connectivity index (χ2n) is 6.95. The van der Waals surface area contributed by atoms with Crippen LogP contribution in [-0.2, 0) is 4.79 Å². The van der Waals surface area contributed by atoms with Crippen molar-refractivity contribution < 1.29 is 14.3 Å². The Kier molecular flexibility index (Phi) is 6.35. The lowest BCUT2D eigenvalue weighted by Crippen LogP contribution is -2.37. The van der Waals surface area contributed by atoms with E-state index in [0.717, 1.165) is 19.5 Å². The smallest absolute Gasteiger partial charge is 0.222 e.